The van der Waals surface area contributed by atoms with Crippen molar-refractivity contribution in [1.82, 2.24) is 18.9 Å². The second kappa shape index (κ2) is 11.2. The third kappa shape index (κ3) is 6.08. The Balaban J connectivity index is 0.000000194. The van der Waals surface area contributed by atoms with Gasteiger partial charge in [0.1, 0.15) is 5.56 Å². The molecule has 40 heavy (non-hydrogen) atoms. The lowest BCUT2D eigenvalue weighted by Crippen LogP contribution is -2.28. The van der Waals surface area contributed by atoms with Crippen LogP contribution in [0.15, 0.2) is 65.7 Å². The Kier molecular flexibility index (Phi) is 8.14. The number of carbonyl (C=O) groups excluding carboxylic acids is 1. The molecule has 2 aromatic heterocycles. The topological polar surface area (TPSA) is 148 Å². The van der Waals surface area contributed by atoms with Crippen molar-refractivity contribution in [3.05, 3.63) is 82.6 Å². The Labute approximate surface area is 230 Å². The monoisotopic (exact) mass is 595 g/mol. The minimum absolute atomic E-state index is 0.0236. The van der Waals surface area contributed by atoms with Crippen LogP contribution in [0.3, 0.4) is 0 Å². The molecule has 1 aliphatic heterocycles. The summed E-state index contributed by atoms with van der Waals surface area (Å²) in [6.07, 6.45) is -2.11. The van der Waals surface area contributed by atoms with Crippen molar-refractivity contribution < 1.29 is 36.3 Å². The third-order valence-electron chi connectivity index (χ3n) is 5.95. The summed E-state index contributed by atoms with van der Waals surface area (Å²) in [6.45, 7) is 1.09. The van der Waals surface area contributed by atoms with Gasteiger partial charge in [0.25, 0.3) is 0 Å². The average molecular weight is 596 g/mol. The summed E-state index contributed by atoms with van der Waals surface area (Å²) < 4.78 is 66.0. The highest BCUT2D eigenvalue weighted by atomic mass is 35.5. The molecule has 3 heterocycles. The minimum Gasteiger partial charge on any atom is -0.477 e. The number of aromatic carboxylic acids is 1. The second-order valence-electron chi connectivity index (χ2n) is 8.63. The molecule has 210 valence electrons. The molecular weight excluding hydrogens is 575 g/mol. The van der Waals surface area contributed by atoms with Crippen molar-refractivity contribution in [2.24, 2.45) is 5.73 Å². The fraction of sp³-hybridized carbons (Fsp3) is 0.200. The zero-order valence-electron chi connectivity index (χ0n) is 20.5. The molecule has 4 aromatic rings. The van der Waals surface area contributed by atoms with Gasteiger partial charge in [0.2, 0.25) is 15.9 Å². The van der Waals surface area contributed by atoms with Crippen molar-refractivity contribution in [3.63, 3.8) is 0 Å². The summed E-state index contributed by atoms with van der Waals surface area (Å²) in [5.41, 5.74) is 3.80. The molecule has 1 fully saturated rings. The van der Waals surface area contributed by atoms with Crippen molar-refractivity contribution in [3.8, 4) is 11.3 Å². The van der Waals surface area contributed by atoms with E-state index < -0.39 is 39.3 Å². The molecule has 0 aliphatic carbocycles. The number of fused-ring (bicyclic) bond motifs is 1. The lowest BCUT2D eigenvalue weighted by atomic mass is 10.1. The largest absolute Gasteiger partial charge is 0.477 e. The van der Waals surface area contributed by atoms with Crippen LogP contribution in [-0.4, -0.2) is 57.4 Å². The molecule has 5 rings (SSSR count). The Morgan fingerprint density at radius 3 is 2.25 bits per heavy atom. The Morgan fingerprint density at radius 1 is 1.02 bits per heavy atom. The van der Waals surface area contributed by atoms with Crippen molar-refractivity contribution in [2.75, 3.05) is 13.1 Å². The minimum atomic E-state index is -4.72. The lowest BCUT2D eigenvalue weighted by Gasteiger charge is -2.15. The molecule has 0 radical (unpaired) electrons. The van der Waals surface area contributed by atoms with Crippen LogP contribution >= 0.6 is 11.6 Å². The van der Waals surface area contributed by atoms with Gasteiger partial charge in [0.15, 0.2) is 11.3 Å². The predicted molar refractivity (Wildman–Crippen MR) is 138 cm³/mol. The van der Waals surface area contributed by atoms with Crippen LogP contribution < -0.4 is 5.73 Å². The summed E-state index contributed by atoms with van der Waals surface area (Å²) in [5, 5.41) is 13.0. The first-order valence-corrected chi connectivity index (χ1v) is 13.5. The first-order valence-electron chi connectivity index (χ1n) is 11.6. The Bertz CT molecular complexity index is 1690. The van der Waals surface area contributed by atoms with E-state index in [-0.39, 0.29) is 21.8 Å². The van der Waals surface area contributed by atoms with E-state index >= 15 is 0 Å². The third-order valence-corrected chi connectivity index (χ3v) is 8.10. The van der Waals surface area contributed by atoms with Gasteiger partial charge in [0.05, 0.1) is 16.8 Å². The van der Waals surface area contributed by atoms with E-state index in [2.05, 4.69) is 10.1 Å². The fourth-order valence-electron chi connectivity index (χ4n) is 3.97. The summed E-state index contributed by atoms with van der Waals surface area (Å²) in [5.74, 6) is -2.03. The van der Waals surface area contributed by atoms with Crippen LogP contribution in [0.2, 0.25) is 5.02 Å². The number of hydrogen-bond acceptors (Lipinski definition) is 6. The summed E-state index contributed by atoms with van der Waals surface area (Å²) in [6, 6.07) is 12.7. The molecule has 0 bridgehead atoms. The number of benzene rings is 2. The smallest absolute Gasteiger partial charge is 0.433 e. The molecule has 15 heteroatoms. The van der Waals surface area contributed by atoms with Crippen LogP contribution in [0.1, 0.15) is 39.3 Å². The van der Waals surface area contributed by atoms with Crippen LogP contribution in [0.4, 0.5) is 13.2 Å². The zero-order chi connectivity index (χ0) is 29.2. The molecule has 0 atom stereocenters. The Hall–Kier alpha value is -4.01. The van der Waals surface area contributed by atoms with Gasteiger partial charge in [-0.1, -0.05) is 29.8 Å². The number of carbonyl (C=O) groups is 2. The van der Waals surface area contributed by atoms with Gasteiger partial charge in [-0.3, -0.25) is 4.79 Å². The van der Waals surface area contributed by atoms with Gasteiger partial charge in [0, 0.05) is 29.2 Å². The molecular formula is C25H21ClF3N5O5S. The number of nitrogens with zero attached hydrogens (tertiary/aromatic N) is 4. The number of sulfonamides is 1. The first kappa shape index (κ1) is 29.0. The number of carboxylic acid groups (broad SMARTS) is 1. The molecule has 1 aliphatic rings. The molecule has 10 nitrogen and oxygen atoms in total. The number of aromatic nitrogens is 3. The van der Waals surface area contributed by atoms with Gasteiger partial charge < -0.3 is 10.8 Å². The molecule has 0 unspecified atom stereocenters. The van der Waals surface area contributed by atoms with Crippen LogP contribution in [-0.2, 0) is 16.2 Å². The average Bonchev–Trinajstić information content (AvgIpc) is 3.59. The van der Waals surface area contributed by atoms with Crippen LogP contribution in [0.25, 0.3) is 16.9 Å². The summed E-state index contributed by atoms with van der Waals surface area (Å²) in [7, 11) is -3.47. The molecule has 0 spiro atoms. The van der Waals surface area contributed by atoms with E-state index in [4.69, 9.17) is 22.4 Å². The van der Waals surface area contributed by atoms with Crippen molar-refractivity contribution in [1.29, 1.82) is 0 Å². The number of carboxylic acids is 1. The maximum Gasteiger partial charge on any atom is 0.433 e. The Morgan fingerprint density at radius 2 is 1.68 bits per heavy atom. The van der Waals surface area contributed by atoms with Crippen molar-refractivity contribution in [2.45, 2.75) is 23.9 Å². The first-order chi connectivity index (χ1) is 18.8. The zero-order valence-corrected chi connectivity index (χ0v) is 22.0. The SMILES string of the molecule is NC(=O)c1cccc(S(=O)(=O)N2CCCC2)c1.O=C(O)c1cnn2c(C(F)(F)F)cc(-c3ccc(Cl)cc3)nc12. The highest BCUT2D eigenvalue weighted by Gasteiger charge is 2.36. The fourth-order valence-corrected chi connectivity index (χ4v) is 5.66. The maximum atomic E-state index is 13.2. The van der Waals surface area contributed by atoms with Gasteiger partial charge in [-0.2, -0.15) is 22.6 Å². The standard InChI is InChI=1S/C14H7ClF3N3O2.C11H14N2O3S/c15-8-3-1-7(2-4-8)10-5-11(14(16,17)18)21-12(20-10)9(6-19-21)13(22)23;12-11(14)9-4-3-5-10(8-9)17(15,16)13-6-1-2-7-13/h1-6H,(H,22,23);3-5,8H,1-2,6-7H2,(H2,12,14). The number of alkyl halides is 3. The van der Waals surface area contributed by atoms with Gasteiger partial charge in [-0.05, 0) is 49.2 Å². The number of hydrogen-bond donors (Lipinski definition) is 2. The van der Waals surface area contributed by atoms with Gasteiger partial charge in [-0.25, -0.2) is 22.7 Å². The van der Waals surface area contributed by atoms with Crippen LogP contribution in [0.5, 0.6) is 0 Å². The number of rotatable bonds is 5. The van der Waals surface area contributed by atoms with E-state index in [1.807, 2.05) is 0 Å². The highest BCUT2D eigenvalue weighted by molar-refractivity contribution is 7.89. The molecule has 2 aromatic carbocycles. The number of primary amides is 1. The van der Waals surface area contributed by atoms with Crippen LogP contribution in [0, 0.1) is 0 Å². The van der Waals surface area contributed by atoms with Crippen molar-refractivity contribution >= 4 is 39.1 Å². The van der Waals surface area contributed by atoms with E-state index in [1.54, 1.807) is 0 Å². The van der Waals surface area contributed by atoms with E-state index in [0.29, 0.717) is 28.2 Å². The van der Waals surface area contributed by atoms with E-state index in [1.165, 1.54) is 52.8 Å². The lowest BCUT2D eigenvalue weighted by molar-refractivity contribution is -0.142. The van der Waals surface area contributed by atoms with Gasteiger partial charge in [-0.15, -0.1) is 0 Å². The molecule has 0 saturated carbocycles. The number of nitrogens with two attached hydrogens (primary N) is 1. The second-order valence-corrected chi connectivity index (χ2v) is 11.0. The number of halogens is 4. The predicted octanol–water partition coefficient (Wildman–Crippen LogP) is 4.34. The highest BCUT2D eigenvalue weighted by Crippen LogP contribution is 2.33. The van der Waals surface area contributed by atoms with Gasteiger partial charge >= 0.3 is 12.1 Å². The molecule has 1 amide bonds. The van der Waals surface area contributed by atoms with E-state index in [0.717, 1.165) is 25.1 Å². The molecule has 1 saturated heterocycles. The molecule has 3 N–H and O–H groups in total. The summed E-state index contributed by atoms with van der Waals surface area (Å²) >= 11 is 5.76. The quantitative estimate of drug-likeness (QED) is 0.349. The number of amides is 1. The van der Waals surface area contributed by atoms with E-state index in [9.17, 15) is 31.2 Å². The normalized spacial score (nSPS) is 14.1. The summed E-state index contributed by atoms with van der Waals surface area (Å²) in [4.78, 5) is 26.3. The maximum absolute atomic E-state index is 13.2.